The third kappa shape index (κ3) is 4.10. The molecule has 1 aromatic heterocycles. The van der Waals surface area contributed by atoms with Gasteiger partial charge >= 0.3 is 0 Å². The summed E-state index contributed by atoms with van der Waals surface area (Å²) in [6, 6.07) is 4.28. The summed E-state index contributed by atoms with van der Waals surface area (Å²) in [5.74, 6) is -0.333. The number of aryl methyl sites for hydroxylation is 2. The first-order valence-electron chi connectivity index (χ1n) is 14.1. The number of quaternary nitrogens is 1. The lowest BCUT2D eigenvalue weighted by Gasteiger charge is -2.46. The molecule has 1 saturated carbocycles. The maximum absolute atomic E-state index is 14.8. The number of aromatic nitrogens is 1. The second kappa shape index (κ2) is 9.79. The van der Waals surface area contributed by atoms with E-state index in [1.54, 1.807) is 0 Å². The third-order valence-electron chi connectivity index (χ3n) is 9.76. The van der Waals surface area contributed by atoms with E-state index >= 15 is 0 Å². The Labute approximate surface area is 216 Å². The number of H-pyrrole nitrogens is 1. The Kier molecular flexibility index (Phi) is 6.65. The second-order valence-electron chi connectivity index (χ2n) is 11.7. The number of piperidine rings is 1. The van der Waals surface area contributed by atoms with Crippen molar-refractivity contribution in [2.24, 2.45) is 11.8 Å². The van der Waals surface area contributed by atoms with E-state index in [0.29, 0.717) is 31.2 Å². The molecule has 2 aliphatic heterocycles. The van der Waals surface area contributed by atoms with Crippen LogP contribution >= 0.6 is 11.3 Å². The van der Waals surface area contributed by atoms with Crippen LogP contribution in [0, 0.1) is 30.4 Å². The summed E-state index contributed by atoms with van der Waals surface area (Å²) < 4.78 is 29.5. The first-order valence-corrected chi connectivity index (χ1v) is 14.9. The van der Waals surface area contributed by atoms with Crippen molar-refractivity contribution in [3.8, 4) is 0 Å². The molecule has 6 rings (SSSR count). The van der Waals surface area contributed by atoms with Crippen LogP contribution in [0.5, 0.6) is 0 Å². The zero-order valence-electron chi connectivity index (χ0n) is 21.3. The highest BCUT2D eigenvalue weighted by molar-refractivity contribution is 7.11. The summed E-state index contributed by atoms with van der Waals surface area (Å²) in [4.78, 5) is 21.7. The number of thiazole rings is 1. The number of fused-ring (bicyclic) bond motifs is 2. The molecule has 36 heavy (non-hydrogen) atoms. The Morgan fingerprint density at radius 1 is 1.14 bits per heavy atom. The number of aromatic amines is 1. The first kappa shape index (κ1) is 24.5. The number of nitrogens with zero attached hydrogens (tertiary/aromatic N) is 1. The lowest BCUT2D eigenvalue weighted by molar-refractivity contribution is -0.640. The molecule has 0 bridgehead atoms. The number of likely N-dealkylation sites (tertiary alicyclic amines) is 1. The van der Waals surface area contributed by atoms with Gasteiger partial charge in [-0.1, -0.05) is 36.7 Å². The summed E-state index contributed by atoms with van der Waals surface area (Å²) in [7, 11) is 0. The van der Waals surface area contributed by atoms with Crippen LogP contribution < -0.4 is 10.3 Å². The van der Waals surface area contributed by atoms with Crippen molar-refractivity contribution < 1.29 is 23.9 Å². The smallest absolute Gasteiger partial charge is 0.232 e. The molecule has 0 unspecified atom stereocenters. The number of halogens is 2. The van der Waals surface area contributed by atoms with E-state index in [2.05, 4.69) is 22.1 Å². The molecule has 3 N–H and O–H groups in total. The monoisotopic (exact) mass is 515 g/mol. The Bertz CT molecular complexity index is 1110. The average Bonchev–Trinajstić information content (AvgIpc) is 3.48. The molecule has 4 atom stereocenters. The largest absolute Gasteiger partial charge is 0.345 e. The maximum atomic E-state index is 14.8. The number of rotatable bonds is 3. The van der Waals surface area contributed by atoms with Gasteiger partial charge in [-0.05, 0) is 62.5 Å². The van der Waals surface area contributed by atoms with E-state index in [1.165, 1.54) is 53.0 Å². The van der Waals surface area contributed by atoms with Gasteiger partial charge in [0.1, 0.15) is 17.6 Å². The van der Waals surface area contributed by atoms with Crippen LogP contribution in [0.15, 0.2) is 18.2 Å². The molecular formula is C29H39F2N3OS+2. The Morgan fingerprint density at radius 2 is 1.92 bits per heavy atom. The van der Waals surface area contributed by atoms with Crippen molar-refractivity contribution in [1.82, 2.24) is 4.90 Å². The number of amides is 1. The highest BCUT2D eigenvalue weighted by Gasteiger charge is 2.57. The fourth-order valence-electron chi connectivity index (χ4n) is 8.12. The fourth-order valence-corrected chi connectivity index (χ4v) is 9.41. The lowest BCUT2D eigenvalue weighted by Crippen LogP contribution is -2.82. The third-order valence-corrected chi connectivity index (χ3v) is 11.0. The molecule has 4 nitrogen and oxygen atoms in total. The molecule has 1 spiro atoms. The van der Waals surface area contributed by atoms with E-state index in [0.717, 1.165) is 45.2 Å². The van der Waals surface area contributed by atoms with E-state index in [1.807, 2.05) is 11.3 Å². The van der Waals surface area contributed by atoms with Crippen molar-refractivity contribution in [1.29, 1.82) is 0 Å². The molecule has 194 valence electrons. The van der Waals surface area contributed by atoms with Gasteiger partial charge in [-0.2, -0.15) is 0 Å². The Hall–Kier alpha value is -1.86. The van der Waals surface area contributed by atoms with Gasteiger partial charge in [0.2, 0.25) is 10.9 Å². The molecule has 1 aromatic carbocycles. The van der Waals surface area contributed by atoms with E-state index < -0.39 is 11.6 Å². The predicted octanol–water partition coefficient (Wildman–Crippen LogP) is 4.27. The molecule has 4 aliphatic rings. The SMILES string of the molecule is Cc1[nH+]c2c(s1)[C@]1(CCC2)C[NH2+]C[C@H]1C(=O)N1CC[C@@H](c2c(F)cccc2F)C[C@H]1C1CCCCC1. The van der Waals surface area contributed by atoms with Gasteiger partial charge in [0.05, 0.1) is 23.4 Å². The van der Waals surface area contributed by atoms with Crippen LogP contribution in [0.3, 0.4) is 0 Å². The highest BCUT2D eigenvalue weighted by Crippen LogP contribution is 2.47. The minimum Gasteiger partial charge on any atom is -0.345 e. The van der Waals surface area contributed by atoms with Gasteiger partial charge in [0, 0.05) is 31.5 Å². The number of nitrogens with two attached hydrogens (primary N) is 1. The van der Waals surface area contributed by atoms with Crippen LogP contribution in [-0.4, -0.2) is 36.5 Å². The van der Waals surface area contributed by atoms with Crippen LogP contribution in [0.4, 0.5) is 8.78 Å². The maximum Gasteiger partial charge on any atom is 0.232 e. The van der Waals surface area contributed by atoms with Crippen molar-refractivity contribution in [3.63, 3.8) is 0 Å². The van der Waals surface area contributed by atoms with Crippen LogP contribution in [0.2, 0.25) is 0 Å². The van der Waals surface area contributed by atoms with Gasteiger partial charge < -0.3 is 10.2 Å². The summed E-state index contributed by atoms with van der Waals surface area (Å²) in [6.07, 6.45) is 10.4. The fraction of sp³-hybridized carbons (Fsp3) is 0.655. The molecule has 3 fully saturated rings. The van der Waals surface area contributed by atoms with Crippen molar-refractivity contribution in [2.75, 3.05) is 19.6 Å². The molecular weight excluding hydrogens is 476 g/mol. The number of hydrogen-bond donors (Lipinski definition) is 1. The normalized spacial score (nSPS) is 31.1. The number of carbonyl (C=O) groups excluding carboxylic acids is 1. The van der Waals surface area contributed by atoms with E-state index in [4.69, 9.17) is 0 Å². The molecule has 2 saturated heterocycles. The summed E-state index contributed by atoms with van der Waals surface area (Å²) >= 11 is 1.85. The molecule has 2 aromatic rings. The number of carbonyl (C=O) groups is 1. The zero-order chi connectivity index (χ0) is 24.9. The predicted molar refractivity (Wildman–Crippen MR) is 136 cm³/mol. The van der Waals surface area contributed by atoms with Crippen LogP contribution in [-0.2, 0) is 16.6 Å². The minimum absolute atomic E-state index is 0.0177. The lowest BCUT2D eigenvalue weighted by atomic mass is 9.68. The topological polar surface area (TPSA) is 51.1 Å². The zero-order valence-corrected chi connectivity index (χ0v) is 22.1. The first-order chi connectivity index (χ1) is 17.5. The van der Waals surface area contributed by atoms with Gasteiger partial charge in [-0.25, -0.2) is 13.8 Å². The van der Waals surface area contributed by atoms with Crippen molar-refractivity contribution >= 4 is 17.2 Å². The van der Waals surface area contributed by atoms with Crippen LogP contribution in [0.25, 0.3) is 0 Å². The Balaban J connectivity index is 1.31. The number of nitrogens with one attached hydrogen (secondary N) is 1. The molecule has 3 heterocycles. The Morgan fingerprint density at radius 3 is 2.69 bits per heavy atom. The quantitative estimate of drug-likeness (QED) is 0.652. The second-order valence-corrected chi connectivity index (χ2v) is 13.0. The minimum atomic E-state index is -0.439. The van der Waals surface area contributed by atoms with Gasteiger partial charge in [-0.3, -0.25) is 4.79 Å². The van der Waals surface area contributed by atoms with Crippen molar-refractivity contribution in [3.05, 3.63) is 51.0 Å². The summed E-state index contributed by atoms with van der Waals surface area (Å²) in [5.41, 5.74) is 1.50. The van der Waals surface area contributed by atoms with Crippen molar-refractivity contribution in [2.45, 2.75) is 88.5 Å². The standard InChI is InChI=1S/C29H37F2N3OS/c1-18-33-24-11-6-13-29(27(24)36-18)17-32-16-21(29)28(35)34-14-12-20(26-22(30)9-5-10-23(26)31)15-25(34)19-7-3-2-4-8-19/h5,9-10,19-21,25,32H,2-4,6-8,11-17H2,1H3/p+2/t20-,21+,25+,29-/m1/s1. The van der Waals surface area contributed by atoms with Gasteiger partial charge in [0.15, 0.2) is 5.69 Å². The number of benzene rings is 1. The molecule has 7 heteroatoms. The molecule has 0 radical (unpaired) electrons. The van der Waals surface area contributed by atoms with Gasteiger partial charge in [0.25, 0.3) is 0 Å². The molecule has 2 aliphatic carbocycles. The van der Waals surface area contributed by atoms with Gasteiger partial charge in [-0.15, -0.1) is 0 Å². The average molecular weight is 516 g/mol. The summed E-state index contributed by atoms with van der Waals surface area (Å²) in [6.45, 7) is 4.56. The number of hydrogen-bond acceptors (Lipinski definition) is 2. The van der Waals surface area contributed by atoms with E-state index in [9.17, 15) is 13.6 Å². The highest BCUT2D eigenvalue weighted by atomic mass is 32.1. The van der Waals surface area contributed by atoms with E-state index in [-0.39, 0.29) is 28.9 Å². The molecule has 1 amide bonds. The van der Waals surface area contributed by atoms with Crippen LogP contribution in [0.1, 0.15) is 84.8 Å². The summed E-state index contributed by atoms with van der Waals surface area (Å²) in [5, 5.41) is 3.58.